The summed E-state index contributed by atoms with van der Waals surface area (Å²) < 4.78 is 0. The number of benzene rings is 1. The molecule has 0 radical (unpaired) electrons. The Hall–Kier alpha value is -1.83. The van der Waals surface area contributed by atoms with Crippen LogP contribution in [0.4, 0.5) is 0 Å². The number of pyridine rings is 1. The molecule has 0 saturated heterocycles. The van der Waals surface area contributed by atoms with Crippen molar-refractivity contribution in [2.75, 3.05) is 0 Å². The Bertz CT molecular complexity index is 492. The fourth-order valence-electron chi connectivity index (χ4n) is 1.90. The van der Waals surface area contributed by atoms with Crippen LogP contribution in [0, 0.1) is 13.8 Å². The van der Waals surface area contributed by atoms with Crippen molar-refractivity contribution >= 4 is 0 Å². The second kappa shape index (κ2) is 4.35. The molecule has 0 amide bonds. The normalized spacial score (nSPS) is 10.4. The van der Waals surface area contributed by atoms with Crippen molar-refractivity contribution in [2.45, 2.75) is 20.3 Å². The maximum absolute atomic E-state index is 9.97. The quantitative estimate of drug-likeness (QED) is 0.831. The van der Waals surface area contributed by atoms with Gasteiger partial charge >= 0.3 is 0 Å². The van der Waals surface area contributed by atoms with E-state index in [0.717, 1.165) is 23.1 Å². The van der Waals surface area contributed by atoms with Crippen LogP contribution in [-0.4, -0.2) is 10.1 Å². The minimum atomic E-state index is 0.405. The summed E-state index contributed by atoms with van der Waals surface area (Å²) in [5, 5.41) is 9.97. The van der Waals surface area contributed by atoms with Gasteiger partial charge in [0.05, 0.1) is 0 Å². The van der Waals surface area contributed by atoms with Crippen LogP contribution in [-0.2, 0) is 6.42 Å². The summed E-state index contributed by atoms with van der Waals surface area (Å²) in [4.78, 5) is 3.98. The smallest absolute Gasteiger partial charge is 0.122 e. The van der Waals surface area contributed by atoms with Crippen LogP contribution in [0.2, 0.25) is 0 Å². The molecule has 0 saturated carbocycles. The van der Waals surface area contributed by atoms with Gasteiger partial charge in [0.15, 0.2) is 0 Å². The van der Waals surface area contributed by atoms with E-state index in [2.05, 4.69) is 4.98 Å². The third kappa shape index (κ3) is 2.22. The number of aryl methyl sites for hydroxylation is 2. The van der Waals surface area contributed by atoms with Crippen LogP contribution in [0.5, 0.6) is 5.75 Å². The first-order valence-corrected chi connectivity index (χ1v) is 5.35. The maximum Gasteiger partial charge on any atom is 0.122 e. The monoisotopic (exact) mass is 213 g/mol. The van der Waals surface area contributed by atoms with Crippen LogP contribution in [0.3, 0.4) is 0 Å². The van der Waals surface area contributed by atoms with Gasteiger partial charge in [0.2, 0.25) is 0 Å². The molecule has 1 heterocycles. The largest absolute Gasteiger partial charge is 0.507 e. The zero-order chi connectivity index (χ0) is 11.5. The highest BCUT2D eigenvalue weighted by molar-refractivity contribution is 5.44. The lowest BCUT2D eigenvalue weighted by Gasteiger charge is -2.08. The van der Waals surface area contributed by atoms with E-state index in [1.807, 2.05) is 38.1 Å². The fourth-order valence-corrected chi connectivity index (χ4v) is 1.90. The summed E-state index contributed by atoms with van der Waals surface area (Å²) in [6.07, 6.45) is 4.29. The number of hydrogen-bond donors (Lipinski definition) is 1. The van der Waals surface area contributed by atoms with Crippen LogP contribution in [0.25, 0.3) is 0 Å². The third-order valence-corrected chi connectivity index (χ3v) is 2.67. The zero-order valence-corrected chi connectivity index (χ0v) is 9.57. The average Bonchev–Trinajstić information content (AvgIpc) is 2.27. The number of phenols is 1. The number of nitrogens with zero attached hydrogens (tertiary/aromatic N) is 1. The number of hydrogen-bond acceptors (Lipinski definition) is 2. The van der Waals surface area contributed by atoms with E-state index in [9.17, 15) is 5.11 Å². The Labute approximate surface area is 95.6 Å². The van der Waals surface area contributed by atoms with Crippen molar-refractivity contribution in [2.24, 2.45) is 0 Å². The zero-order valence-electron chi connectivity index (χ0n) is 9.57. The van der Waals surface area contributed by atoms with E-state index < -0.39 is 0 Å². The first kappa shape index (κ1) is 10.7. The van der Waals surface area contributed by atoms with Crippen LogP contribution < -0.4 is 0 Å². The topological polar surface area (TPSA) is 33.1 Å². The lowest BCUT2D eigenvalue weighted by atomic mass is 10.00. The Kier molecular flexibility index (Phi) is 2.91. The SMILES string of the molecule is Cc1cc(C)c(O)c(Cc2ccncc2)c1. The van der Waals surface area contributed by atoms with Crippen molar-refractivity contribution in [1.29, 1.82) is 0 Å². The molecule has 0 aliphatic heterocycles. The fraction of sp³-hybridized carbons (Fsp3) is 0.214. The molecule has 2 aromatic rings. The van der Waals surface area contributed by atoms with Crippen LogP contribution >= 0.6 is 0 Å². The first-order valence-electron chi connectivity index (χ1n) is 5.35. The minimum absolute atomic E-state index is 0.405. The molecule has 2 nitrogen and oxygen atoms in total. The van der Waals surface area contributed by atoms with E-state index in [1.54, 1.807) is 12.4 Å². The lowest BCUT2D eigenvalue weighted by Crippen LogP contribution is -1.92. The summed E-state index contributed by atoms with van der Waals surface area (Å²) >= 11 is 0. The number of aromatic hydroxyl groups is 1. The van der Waals surface area contributed by atoms with Crippen molar-refractivity contribution in [3.8, 4) is 5.75 Å². The Morgan fingerprint density at radius 1 is 1.12 bits per heavy atom. The van der Waals surface area contributed by atoms with Crippen molar-refractivity contribution in [3.05, 3.63) is 58.9 Å². The van der Waals surface area contributed by atoms with E-state index in [4.69, 9.17) is 0 Å². The lowest BCUT2D eigenvalue weighted by molar-refractivity contribution is 0.465. The Morgan fingerprint density at radius 2 is 1.81 bits per heavy atom. The molecule has 0 spiro atoms. The van der Waals surface area contributed by atoms with Gasteiger partial charge in [-0.1, -0.05) is 17.7 Å². The van der Waals surface area contributed by atoms with Gasteiger partial charge in [-0.05, 0) is 42.7 Å². The van der Waals surface area contributed by atoms with E-state index in [1.165, 1.54) is 5.56 Å². The molecule has 1 aromatic carbocycles. The van der Waals surface area contributed by atoms with Gasteiger partial charge in [-0.3, -0.25) is 4.98 Å². The number of rotatable bonds is 2. The van der Waals surface area contributed by atoms with Gasteiger partial charge in [0, 0.05) is 18.8 Å². The van der Waals surface area contributed by atoms with Gasteiger partial charge < -0.3 is 5.11 Å². The number of aromatic nitrogens is 1. The molecule has 0 aliphatic carbocycles. The second-order valence-corrected chi connectivity index (χ2v) is 4.12. The molecule has 0 atom stereocenters. The summed E-state index contributed by atoms with van der Waals surface area (Å²) in [6, 6.07) is 7.96. The summed E-state index contributed by atoms with van der Waals surface area (Å²) in [7, 11) is 0. The molecule has 0 bridgehead atoms. The molecule has 0 aliphatic rings. The predicted molar refractivity (Wildman–Crippen MR) is 64.6 cm³/mol. The van der Waals surface area contributed by atoms with Gasteiger partial charge in [0.1, 0.15) is 5.75 Å². The van der Waals surface area contributed by atoms with Gasteiger partial charge in [0.25, 0.3) is 0 Å². The van der Waals surface area contributed by atoms with Crippen LogP contribution in [0.1, 0.15) is 22.3 Å². The van der Waals surface area contributed by atoms with E-state index >= 15 is 0 Å². The van der Waals surface area contributed by atoms with Crippen LogP contribution in [0.15, 0.2) is 36.7 Å². The standard InChI is InChI=1S/C14H15NO/c1-10-7-11(2)14(16)13(8-10)9-12-3-5-15-6-4-12/h3-8,16H,9H2,1-2H3. The summed E-state index contributed by atoms with van der Waals surface area (Å²) in [5.41, 5.74) is 4.25. The molecule has 0 unspecified atom stereocenters. The highest BCUT2D eigenvalue weighted by atomic mass is 16.3. The van der Waals surface area contributed by atoms with Crippen molar-refractivity contribution in [1.82, 2.24) is 4.98 Å². The molecule has 0 fully saturated rings. The highest BCUT2D eigenvalue weighted by Gasteiger charge is 2.06. The van der Waals surface area contributed by atoms with Crippen molar-refractivity contribution < 1.29 is 5.11 Å². The molecule has 1 N–H and O–H groups in total. The average molecular weight is 213 g/mol. The molecule has 16 heavy (non-hydrogen) atoms. The molecule has 2 heteroatoms. The highest BCUT2D eigenvalue weighted by Crippen LogP contribution is 2.25. The molecule has 2 rings (SSSR count). The number of phenolic OH excluding ortho intramolecular Hbond substituents is 1. The summed E-state index contributed by atoms with van der Waals surface area (Å²) in [5.74, 6) is 0.405. The van der Waals surface area contributed by atoms with E-state index in [-0.39, 0.29) is 0 Å². The van der Waals surface area contributed by atoms with Gasteiger partial charge in [-0.2, -0.15) is 0 Å². The second-order valence-electron chi connectivity index (χ2n) is 4.12. The molecule has 82 valence electrons. The maximum atomic E-state index is 9.97. The van der Waals surface area contributed by atoms with Gasteiger partial charge in [-0.15, -0.1) is 0 Å². The Balaban J connectivity index is 2.35. The molecular weight excluding hydrogens is 198 g/mol. The molecular formula is C14H15NO. The summed E-state index contributed by atoms with van der Waals surface area (Å²) in [6.45, 7) is 3.97. The third-order valence-electron chi connectivity index (χ3n) is 2.67. The Morgan fingerprint density at radius 3 is 2.50 bits per heavy atom. The van der Waals surface area contributed by atoms with Gasteiger partial charge in [-0.25, -0.2) is 0 Å². The minimum Gasteiger partial charge on any atom is -0.507 e. The predicted octanol–water partition coefficient (Wildman–Crippen LogP) is 2.99. The molecule has 1 aromatic heterocycles. The first-order chi connectivity index (χ1) is 7.66. The van der Waals surface area contributed by atoms with Crippen molar-refractivity contribution in [3.63, 3.8) is 0 Å². The van der Waals surface area contributed by atoms with E-state index in [0.29, 0.717) is 5.75 Å².